The van der Waals surface area contributed by atoms with E-state index in [1.807, 2.05) is 24.3 Å². The van der Waals surface area contributed by atoms with Crippen molar-refractivity contribution >= 4 is 11.7 Å². The molecule has 7 nitrogen and oxygen atoms in total. The van der Waals surface area contributed by atoms with E-state index >= 15 is 0 Å². The van der Waals surface area contributed by atoms with Gasteiger partial charge in [-0.2, -0.15) is 4.98 Å². The molecule has 122 valence electrons. The Morgan fingerprint density at radius 1 is 1.25 bits per heavy atom. The molecule has 3 aromatic rings. The van der Waals surface area contributed by atoms with Crippen LogP contribution in [-0.4, -0.2) is 22.7 Å². The van der Waals surface area contributed by atoms with Gasteiger partial charge in [0.1, 0.15) is 0 Å². The predicted octanol–water partition coefficient (Wildman–Crippen LogP) is 3.23. The van der Waals surface area contributed by atoms with E-state index in [1.165, 1.54) is 0 Å². The van der Waals surface area contributed by atoms with E-state index in [4.69, 9.17) is 8.94 Å². The first kappa shape index (κ1) is 15.5. The molecule has 24 heavy (non-hydrogen) atoms. The van der Waals surface area contributed by atoms with E-state index in [2.05, 4.69) is 27.4 Å². The summed E-state index contributed by atoms with van der Waals surface area (Å²) in [6.07, 6.45) is 3.55. The molecule has 2 N–H and O–H groups in total. The van der Waals surface area contributed by atoms with Crippen molar-refractivity contribution in [3.63, 3.8) is 0 Å². The Labute approximate surface area is 138 Å². The average molecular weight is 324 g/mol. The second kappa shape index (κ2) is 7.28. The minimum Gasteiger partial charge on any atom is -0.461 e. The van der Waals surface area contributed by atoms with Crippen molar-refractivity contribution in [2.24, 2.45) is 0 Å². The summed E-state index contributed by atoms with van der Waals surface area (Å²) in [6, 6.07) is 10.6. The van der Waals surface area contributed by atoms with E-state index in [0.717, 1.165) is 5.56 Å². The molecule has 0 spiro atoms. The smallest absolute Gasteiger partial charge is 0.319 e. The summed E-state index contributed by atoms with van der Waals surface area (Å²) >= 11 is 0. The maximum absolute atomic E-state index is 11.8. The highest BCUT2D eigenvalue weighted by Crippen LogP contribution is 2.21. The van der Waals surface area contributed by atoms with Gasteiger partial charge in [-0.25, -0.2) is 4.79 Å². The second-order valence-corrected chi connectivity index (χ2v) is 4.95. The second-order valence-electron chi connectivity index (χ2n) is 4.95. The first-order chi connectivity index (χ1) is 11.8. The average Bonchev–Trinajstić information content (AvgIpc) is 3.26. The highest BCUT2D eigenvalue weighted by Gasteiger charge is 2.13. The third kappa shape index (κ3) is 3.70. The molecule has 0 aliphatic heterocycles. The lowest BCUT2D eigenvalue weighted by molar-refractivity contribution is 0.253. The number of aromatic nitrogens is 2. The van der Waals surface area contributed by atoms with Crippen LogP contribution in [0.15, 0.2) is 64.3 Å². The number of carbonyl (C=O) groups excluding carboxylic acids is 1. The van der Waals surface area contributed by atoms with Gasteiger partial charge < -0.3 is 19.6 Å². The summed E-state index contributed by atoms with van der Waals surface area (Å²) in [5, 5.41) is 9.35. The monoisotopic (exact) mass is 324 g/mol. The molecule has 0 saturated heterocycles. The number of hydrogen-bond donors (Lipinski definition) is 2. The van der Waals surface area contributed by atoms with Gasteiger partial charge in [0, 0.05) is 12.2 Å². The highest BCUT2D eigenvalue weighted by atomic mass is 16.5. The van der Waals surface area contributed by atoms with Crippen molar-refractivity contribution < 1.29 is 13.7 Å². The SMILES string of the molecule is C=CCNC(=O)Nc1ccccc1Cc1nc(-c2ccco2)no1. The third-order valence-electron chi connectivity index (χ3n) is 3.22. The molecule has 0 saturated carbocycles. The Balaban J connectivity index is 1.73. The lowest BCUT2D eigenvalue weighted by Gasteiger charge is -2.10. The zero-order valence-corrected chi connectivity index (χ0v) is 12.9. The van der Waals surface area contributed by atoms with Crippen LogP contribution in [0, 0.1) is 0 Å². The Morgan fingerprint density at radius 2 is 2.12 bits per heavy atom. The first-order valence-corrected chi connectivity index (χ1v) is 7.36. The fourth-order valence-electron chi connectivity index (χ4n) is 2.12. The number of anilines is 1. The van der Waals surface area contributed by atoms with Gasteiger partial charge in [0.05, 0.1) is 12.7 Å². The molecule has 3 rings (SSSR count). The van der Waals surface area contributed by atoms with Crippen LogP contribution < -0.4 is 10.6 Å². The van der Waals surface area contributed by atoms with Gasteiger partial charge in [-0.05, 0) is 23.8 Å². The van der Waals surface area contributed by atoms with Gasteiger partial charge >= 0.3 is 6.03 Å². The fraction of sp³-hybridized carbons (Fsp3) is 0.118. The fourth-order valence-corrected chi connectivity index (χ4v) is 2.12. The first-order valence-electron chi connectivity index (χ1n) is 7.36. The van der Waals surface area contributed by atoms with Crippen LogP contribution in [-0.2, 0) is 6.42 Å². The predicted molar refractivity (Wildman–Crippen MR) is 88.5 cm³/mol. The Morgan fingerprint density at radius 3 is 2.92 bits per heavy atom. The van der Waals surface area contributed by atoms with Crippen LogP contribution in [0.5, 0.6) is 0 Å². The standard InChI is InChI=1S/C17H16N4O3/c1-2-9-18-17(22)19-13-7-4-3-6-12(13)11-15-20-16(21-24-15)14-8-5-10-23-14/h2-8,10H,1,9,11H2,(H2,18,19,22). The summed E-state index contributed by atoms with van der Waals surface area (Å²) in [5.41, 5.74) is 1.54. The van der Waals surface area contributed by atoms with Crippen molar-refractivity contribution in [1.29, 1.82) is 0 Å². The van der Waals surface area contributed by atoms with Crippen molar-refractivity contribution in [2.45, 2.75) is 6.42 Å². The van der Waals surface area contributed by atoms with Crippen LogP contribution in [0.1, 0.15) is 11.5 Å². The number of urea groups is 1. The largest absolute Gasteiger partial charge is 0.461 e. The van der Waals surface area contributed by atoms with E-state index < -0.39 is 0 Å². The molecular formula is C17H16N4O3. The maximum Gasteiger partial charge on any atom is 0.319 e. The van der Waals surface area contributed by atoms with Crippen LogP contribution in [0.2, 0.25) is 0 Å². The molecule has 0 aliphatic carbocycles. The summed E-state index contributed by atoms with van der Waals surface area (Å²) in [5.74, 6) is 1.37. The maximum atomic E-state index is 11.8. The molecule has 0 bridgehead atoms. The molecular weight excluding hydrogens is 308 g/mol. The number of nitrogens with zero attached hydrogens (tertiary/aromatic N) is 2. The number of rotatable bonds is 6. The molecule has 0 atom stereocenters. The van der Waals surface area contributed by atoms with E-state index in [1.54, 1.807) is 24.5 Å². The van der Waals surface area contributed by atoms with Crippen LogP contribution >= 0.6 is 0 Å². The van der Waals surface area contributed by atoms with Crippen LogP contribution in [0.25, 0.3) is 11.6 Å². The zero-order valence-electron chi connectivity index (χ0n) is 12.9. The molecule has 0 aliphatic rings. The minimum atomic E-state index is -0.302. The van der Waals surface area contributed by atoms with Crippen molar-refractivity contribution in [2.75, 3.05) is 11.9 Å². The van der Waals surface area contributed by atoms with Crippen LogP contribution in [0.4, 0.5) is 10.5 Å². The molecule has 1 aromatic carbocycles. The highest BCUT2D eigenvalue weighted by molar-refractivity contribution is 5.90. The topological polar surface area (TPSA) is 93.2 Å². The molecule has 2 aromatic heterocycles. The molecule has 7 heteroatoms. The summed E-state index contributed by atoms with van der Waals surface area (Å²) < 4.78 is 10.5. The summed E-state index contributed by atoms with van der Waals surface area (Å²) in [7, 11) is 0. The van der Waals surface area contributed by atoms with E-state index in [-0.39, 0.29) is 6.03 Å². The molecule has 2 amide bonds. The van der Waals surface area contributed by atoms with Crippen molar-refractivity contribution in [1.82, 2.24) is 15.5 Å². The summed E-state index contributed by atoms with van der Waals surface area (Å²) in [6.45, 7) is 3.95. The van der Waals surface area contributed by atoms with E-state index in [0.29, 0.717) is 36.1 Å². The number of benzene rings is 1. The Hall–Kier alpha value is -3.35. The lowest BCUT2D eigenvalue weighted by Crippen LogP contribution is -2.29. The Bertz CT molecular complexity index is 824. The number of amides is 2. The third-order valence-corrected chi connectivity index (χ3v) is 3.22. The molecule has 0 radical (unpaired) electrons. The van der Waals surface area contributed by atoms with Crippen LogP contribution in [0.3, 0.4) is 0 Å². The number of furan rings is 1. The molecule has 2 heterocycles. The normalized spacial score (nSPS) is 10.3. The number of carbonyl (C=O) groups is 1. The zero-order chi connectivity index (χ0) is 16.8. The van der Waals surface area contributed by atoms with E-state index in [9.17, 15) is 4.79 Å². The Kier molecular flexibility index (Phi) is 4.71. The van der Waals surface area contributed by atoms with Gasteiger partial charge in [0.15, 0.2) is 5.76 Å². The number of hydrogen-bond acceptors (Lipinski definition) is 5. The van der Waals surface area contributed by atoms with Gasteiger partial charge in [-0.3, -0.25) is 0 Å². The van der Waals surface area contributed by atoms with Crippen molar-refractivity contribution in [3.05, 3.63) is 66.8 Å². The molecule has 0 fully saturated rings. The molecule has 0 unspecified atom stereocenters. The number of para-hydroxylation sites is 1. The summed E-state index contributed by atoms with van der Waals surface area (Å²) in [4.78, 5) is 16.1. The van der Waals surface area contributed by atoms with Gasteiger partial charge in [0.2, 0.25) is 11.7 Å². The number of nitrogens with one attached hydrogen (secondary N) is 2. The van der Waals surface area contributed by atoms with Crippen molar-refractivity contribution in [3.8, 4) is 11.6 Å². The minimum absolute atomic E-state index is 0.302. The quantitative estimate of drug-likeness (QED) is 0.679. The van der Waals surface area contributed by atoms with Gasteiger partial charge in [-0.1, -0.05) is 29.4 Å². The van der Waals surface area contributed by atoms with Gasteiger partial charge in [0.25, 0.3) is 0 Å². The van der Waals surface area contributed by atoms with Gasteiger partial charge in [-0.15, -0.1) is 6.58 Å². The lowest BCUT2D eigenvalue weighted by atomic mass is 10.1.